The van der Waals surface area contributed by atoms with Crippen molar-refractivity contribution in [3.63, 3.8) is 0 Å². The van der Waals surface area contributed by atoms with E-state index >= 15 is 0 Å². The molecule has 0 spiro atoms. The molecule has 4 rings (SSSR count). The molecule has 35 heavy (non-hydrogen) atoms. The molecule has 0 unspecified atom stereocenters. The highest BCUT2D eigenvalue weighted by atomic mass is 35.5. The van der Waals surface area contributed by atoms with Gasteiger partial charge in [-0.2, -0.15) is 4.31 Å². The lowest BCUT2D eigenvalue weighted by atomic mass is 10.1. The van der Waals surface area contributed by atoms with E-state index in [2.05, 4.69) is 43.0 Å². The van der Waals surface area contributed by atoms with Crippen LogP contribution in [0.2, 0.25) is 5.02 Å². The van der Waals surface area contributed by atoms with Crippen LogP contribution in [0.1, 0.15) is 32.3 Å². The van der Waals surface area contributed by atoms with Crippen LogP contribution >= 0.6 is 11.6 Å². The summed E-state index contributed by atoms with van der Waals surface area (Å²) in [5, 5.41) is 4.70. The Kier molecular flexibility index (Phi) is 8.45. The van der Waals surface area contributed by atoms with E-state index in [1.54, 1.807) is 22.5 Å². The van der Waals surface area contributed by atoms with Gasteiger partial charge in [0.05, 0.1) is 4.90 Å². The van der Waals surface area contributed by atoms with Crippen LogP contribution < -0.4 is 0 Å². The van der Waals surface area contributed by atoms with E-state index in [1.165, 1.54) is 0 Å². The number of unbranched alkanes of at least 4 members (excludes halogenated alkanes) is 1. The molecule has 4 aromatic rings. The minimum atomic E-state index is -3.68. The number of halogens is 1. The van der Waals surface area contributed by atoms with Crippen molar-refractivity contribution in [2.24, 2.45) is 0 Å². The maximum atomic E-state index is 13.8. The maximum Gasteiger partial charge on any atom is 0.243 e. The standard InChI is InChI=1S/C29H33ClN2O2S/c1-3-31(4-2)17-7-8-18-32(22-23-11-12-24-9-5-6-10-25(24)19-23)35(33,34)29-16-14-26-20-28(30)15-13-27(26)21-29/h5-6,9-16,19-21H,3-4,7-8,17-18,22H2,1-2H3. The SMILES string of the molecule is CCN(CC)CCCCN(Cc1ccc2ccccc2c1)S(=O)(=O)c1ccc2cc(Cl)ccc2c1. The molecule has 184 valence electrons. The molecular weight excluding hydrogens is 476 g/mol. The number of fused-ring (bicyclic) bond motifs is 2. The summed E-state index contributed by atoms with van der Waals surface area (Å²) in [6.07, 6.45) is 1.77. The van der Waals surface area contributed by atoms with Gasteiger partial charge in [-0.1, -0.05) is 74.0 Å². The van der Waals surface area contributed by atoms with Crippen molar-refractivity contribution in [2.75, 3.05) is 26.2 Å². The molecule has 0 saturated heterocycles. The fourth-order valence-corrected chi connectivity index (χ4v) is 6.18. The van der Waals surface area contributed by atoms with Gasteiger partial charge in [0.25, 0.3) is 0 Å². The first kappa shape index (κ1) is 25.6. The Hall–Kier alpha value is -2.44. The minimum Gasteiger partial charge on any atom is -0.304 e. The fraction of sp³-hybridized carbons (Fsp3) is 0.310. The van der Waals surface area contributed by atoms with Crippen molar-refractivity contribution in [2.45, 2.75) is 38.1 Å². The lowest BCUT2D eigenvalue weighted by Gasteiger charge is -2.24. The van der Waals surface area contributed by atoms with Crippen molar-refractivity contribution in [1.82, 2.24) is 9.21 Å². The third kappa shape index (κ3) is 6.22. The molecule has 0 saturated carbocycles. The van der Waals surface area contributed by atoms with E-state index in [-0.39, 0.29) is 0 Å². The van der Waals surface area contributed by atoms with Gasteiger partial charge in [0.2, 0.25) is 10.0 Å². The molecule has 0 aliphatic carbocycles. The Bertz CT molecular complexity index is 1400. The van der Waals surface area contributed by atoms with Gasteiger partial charge in [0, 0.05) is 18.1 Å². The third-order valence-electron chi connectivity index (χ3n) is 6.61. The van der Waals surface area contributed by atoms with Gasteiger partial charge in [0.15, 0.2) is 0 Å². The highest BCUT2D eigenvalue weighted by Gasteiger charge is 2.25. The number of hydrogen-bond donors (Lipinski definition) is 0. The Morgan fingerprint density at radius 3 is 2.11 bits per heavy atom. The van der Waals surface area contributed by atoms with Gasteiger partial charge in [-0.05, 0) is 89.9 Å². The highest BCUT2D eigenvalue weighted by molar-refractivity contribution is 7.89. The molecule has 4 aromatic carbocycles. The lowest BCUT2D eigenvalue weighted by molar-refractivity contribution is 0.289. The average molecular weight is 509 g/mol. The Labute approximate surface area is 214 Å². The van der Waals surface area contributed by atoms with Crippen molar-refractivity contribution >= 4 is 43.2 Å². The smallest absolute Gasteiger partial charge is 0.243 e. The van der Waals surface area contributed by atoms with Crippen LogP contribution in [0.3, 0.4) is 0 Å². The van der Waals surface area contributed by atoms with Crippen LogP contribution in [-0.4, -0.2) is 43.8 Å². The zero-order chi connectivity index (χ0) is 24.8. The summed E-state index contributed by atoms with van der Waals surface area (Å²) in [7, 11) is -3.68. The monoisotopic (exact) mass is 508 g/mol. The van der Waals surface area contributed by atoms with Gasteiger partial charge < -0.3 is 4.90 Å². The molecule has 6 heteroatoms. The van der Waals surface area contributed by atoms with Crippen LogP contribution in [0.25, 0.3) is 21.5 Å². The molecule has 0 bridgehead atoms. The molecule has 0 aromatic heterocycles. The lowest BCUT2D eigenvalue weighted by Crippen LogP contribution is -2.32. The zero-order valence-corrected chi connectivity index (χ0v) is 22.0. The van der Waals surface area contributed by atoms with E-state index in [0.717, 1.165) is 59.6 Å². The maximum absolute atomic E-state index is 13.8. The van der Waals surface area contributed by atoms with E-state index in [4.69, 9.17) is 11.6 Å². The van der Waals surface area contributed by atoms with E-state index < -0.39 is 10.0 Å². The second kappa shape index (κ2) is 11.5. The van der Waals surface area contributed by atoms with Crippen molar-refractivity contribution < 1.29 is 8.42 Å². The summed E-state index contributed by atoms with van der Waals surface area (Å²) in [6, 6.07) is 25.1. The first-order chi connectivity index (χ1) is 16.9. The van der Waals surface area contributed by atoms with Gasteiger partial charge in [-0.3, -0.25) is 0 Å². The quantitative estimate of drug-likeness (QED) is 0.206. The number of benzene rings is 4. The molecule has 4 nitrogen and oxygen atoms in total. The highest BCUT2D eigenvalue weighted by Crippen LogP contribution is 2.26. The molecule has 0 atom stereocenters. The predicted octanol–water partition coefficient (Wildman–Crippen LogP) is 6.96. The topological polar surface area (TPSA) is 40.6 Å². The molecular formula is C29H33ClN2O2S. The molecule has 0 amide bonds. The number of hydrogen-bond acceptors (Lipinski definition) is 3. The average Bonchev–Trinajstić information content (AvgIpc) is 2.87. The number of rotatable bonds is 11. The molecule has 0 N–H and O–H groups in total. The Morgan fingerprint density at radius 1 is 0.714 bits per heavy atom. The second-order valence-corrected chi connectivity index (χ2v) is 11.3. The molecule has 0 fully saturated rings. The summed E-state index contributed by atoms with van der Waals surface area (Å²) < 4.78 is 29.3. The van der Waals surface area contributed by atoms with Gasteiger partial charge in [0.1, 0.15) is 0 Å². The second-order valence-electron chi connectivity index (χ2n) is 8.91. The van der Waals surface area contributed by atoms with Crippen molar-refractivity contribution in [3.8, 4) is 0 Å². The van der Waals surface area contributed by atoms with Crippen LogP contribution in [0.15, 0.2) is 83.8 Å². The first-order valence-electron chi connectivity index (χ1n) is 12.3. The molecule has 0 aliphatic rings. The first-order valence-corrected chi connectivity index (χ1v) is 14.1. The van der Waals surface area contributed by atoms with Crippen LogP contribution in [0.5, 0.6) is 0 Å². The summed E-state index contributed by atoms with van der Waals surface area (Å²) >= 11 is 6.11. The van der Waals surface area contributed by atoms with Gasteiger partial charge in [-0.25, -0.2) is 8.42 Å². The van der Waals surface area contributed by atoms with Crippen molar-refractivity contribution in [1.29, 1.82) is 0 Å². The predicted molar refractivity (Wildman–Crippen MR) is 148 cm³/mol. The molecule has 0 radical (unpaired) electrons. The zero-order valence-electron chi connectivity index (χ0n) is 20.5. The molecule has 0 heterocycles. The minimum absolute atomic E-state index is 0.317. The van der Waals surface area contributed by atoms with Crippen molar-refractivity contribution in [3.05, 3.63) is 89.4 Å². The van der Waals surface area contributed by atoms with Crippen LogP contribution in [0, 0.1) is 0 Å². The fourth-order valence-electron chi connectivity index (χ4n) is 4.49. The van der Waals surface area contributed by atoms with Gasteiger partial charge in [-0.15, -0.1) is 0 Å². The number of sulfonamides is 1. The Morgan fingerprint density at radius 2 is 1.34 bits per heavy atom. The van der Waals surface area contributed by atoms with Crippen LogP contribution in [0.4, 0.5) is 0 Å². The third-order valence-corrected chi connectivity index (χ3v) is 8.69. The van der Waals surface area contributed by atoms with E-state index in [0.29, 0.717) is 23.0 Å². The van der Waals surface area contributed by atoms with Crippen LogP contribution in [-0.2, 0) is 16.6 Å². The van der Waals surface area contributed by atoms with E-state index in [1.807, 2.05) is 36.4 Å². The molecule has 0 aliphatic heterocycles. The summed E-state index contributed by atoms with van der Waals surface area (Å²) in [5.74, 6) is 0. The normalized spacial score (nSPS) is 12.3. The largest absolute Gasteiger partial charge is 0.304 e. The Balaban J connectivity index is 1.61. The summed E-state index contributed by atoms with van der Waals surface area (Å²) in [6.45, 7) is 8.15. The van der Waals surface area contributed by atoms with E-state index in [9.17, 15) is 8.42 Å². The number of nitrogens with zero attached hydrogens (tertiary/aromatic N) is 2. The van der Waals surface area contributed by atoms with Gasteiger partial charge >= 0.3 is 0 Å². The summed E-state index contributed by atoms with van der Waals surface area (Å²) in [4.78, 5) is 2.69. The summed E-state index contributed by atoms with van der Waals surface area (Å²) in [5.41, 5.74) is 0.989.